The number of benzene rings is 2. The van der Waals surface area contributed by atoms with Crippen molar-refractivity contribution in [1.29, 1.82) is 0 Å². The first-order valence-corrected chi connectivity index (χ1v) is 7.07. The number of amides is 1. The SMILES string of the molecule is O=C(Nc1cccc([N+](=O)[O-])c1)c1cc(Br)ccc1Br. The Kier molecular flexibility index (Phi) is 4.51. The smallest absolute Gasteiger partial charge is 0.271 e. The van der Waals surface area contributed by atoms with Crippen LogP contribution in [0.5, 0.6) is 0 Å². The molecule has 1 amide bonds. The molecule has 0 atom stereocenters. The van der Waals surface area contributed by atoms with Crippen molar-refractivity contribution in [3.8, 4) is 0 Å². The van der Waals surface area contributed by atoms with Crippen molar-refractivity contribution in [2.45, 2.75) is 0 Å². The van der Waals surface area contributed by atoms with Gasteiger partial charge in [-0.15, -0.1) is 0 Å². The second-order valence-corrected chi connectivity index (χ2v) is 5.66. The molecule has 2 aromatic rings. The summed E-state index contributed by atoms with van der Waals surface area (Å²) in [6.07, 6.45) is 0. The molecule has 0 aliphatic rings. The Balaban J connectivity index is 2.25. The number of anilines is 1. The van der Waals surface area contributed by atoms with Crippen molar-refractivity contribution < 1.29 is 9.72 Å². The highest BCUT2D eigenvalue weighted by atomic mass is 79.9. The second-order valence-electron chi connectivity index (χ2n) is 3.89. The van der Waals surface area contributed by atoms with E-state index in [1.54, 1.807) is 24.3 Å². The standard InChI is InChI=1S/C13H8Br2N2O3/c14-8-4-5-12(15)11(6-8)13(18)16-9-2-1-3-10(7-9)17(19)20/h1-7H,(H,16,18). The zero-order valence-corrected chi connectivity index (χ0v) is 13.1. The maximum absolute atomic E-state index is 12.1. The molecule has 0 aliphatic carbocycles. The number of nitrogens with zero attached hydrogens (tertiary/aromatic N) is 1. The molecule has 2 aromatic carbocycles. The van der Waals surface area contributed by atoms with Crippen molar-refractivity contribution in [3.63, 3.8) is 0 Å². The minimum atomic E-state index is -0.509. The molecule has 0 spiro atoms. The van der Waals surface area contributed by atoms with Gasteiger partial charge in [0.25, 0.3) is 11.6 Å². The van der Waals surface area contributed by atoms with E-state index in [9.17, 15) is 14.9 Å². The van der Waals surface area contributed by atoms with Gasteiger partial charge >= 0.3 is 0 Å². The number of non-ortho nitro benzene ring substituents is 1. The lowest BCUT2D eigenvalue weighted by Gasteiger charge is -2.07. The molecule has 0 heterocycles. The molecule has 1 N–H and O–H groups in total. The number of halogens is 2. The van der Waals surface area contributed by atoms with Crippen LogP contribution >= 0.6 is 31.9 Å². The molecule has 0 aromatic heterocycles. The van der Waals surface area contributed by atoms with Crippen molar-refractivity contribution in [3.05, 3.63) is 67.1 Å². The fraction of sp³-hybridized carbons (Fsp3) is 0. The molecule has 2 rings (SSSR count). The predicted octanol–water partition coefficient (Wildman–Crippen LogP) is 4.37. The first-order chi connectivity index (χ1) is 9.47. The number of hydrogen-bond donors (Lipinski definition) is 1. The normalized spacial score (nSPS) is 10.1. The van der Waals surface area contributed by atoms with Crippen LogP contribution in [-0.4, -0.2) is 10.8 Å². The van der Waals surface area contributed by atoms with Gasteiger partial charge in [-0.1, -0.05) is 22.0 Å². The molecule has 0 fully saturated rings. The lowest BCUT2D eigenvalue weighted by molar-refractivity contribution is -0.384. The van der Waals surface area contributed by atoms with Gasteiger partial charge in [0.1, 0.15) is 0 Å². The van der Waals surface area contributed by atoms with Crippen LogP contribution in [0.15, 0.2) is 51.4 Å². The van der Waals surface area contributed by atoms with Crippen molar-refractivity contribution in [2.75, 3.05) is 5.32 Å². The van der Waals surface area contributed by atoms with Crippen molar-refractivity contribution >= 4 is 49.1 Å². The summed E-state index contributed by atoms with van der Waals surface area (Å²) >= 11 is 6.58. The molecule has 5 nitrogen and oxygen atoms in total. The molecule has 0 unspecified atom stereocenters. The maximum Gasteiger partial charge on any atom is 0.271 e. The van der Waals surface area contributed by atoms with Gasteiger partial charge in [-0.2, -0.15) is 0 Å². The summed E-state index contributed by atoms with van der Waals surface area (Å²) in [5.41, 5.74) is 0.734. The van der Waals surface area contributed by atoms with Crippen LogP contribution in [0.4, 0.5) is 11.4 Å². The van der Waals surface area contributed by atoms with Gasteiger partial charge in [-0.3, -0.25) is 14.9 Å². The summed E-state index contributed by atoms with van der Waals surface area (Å²) in [5, 5.41) is 13.3. The van der Waals surface area contributed by atoms with Crippen LogP contribution in [-0.2, 0) is 0 Å². The van der Waals surface area contributed by atoms with E-state index in [0.717, 1.165) is 4.47 Å². The number of nitro benzene ring substituents is 1. The summed E-state index contributed by atoms with van der Waals surface area (Å²) in [7, 11) is 0. The molecular weight excluding hydrogens is 392 g/mol. The third-order valence-electron chi connectivity index (χ3n) is 2.49. The third kappa shape index (κ3) is 3.43. The zero-order valence-electron chi connectivity index (χ0n) is 9.97. The van der Waals surface area contributed by atoms with E-state index in [1.807, 2.05) is 0 Å². The van der Waals surface area contributed by atoms with Gasteiger partial charge < -0.3 is 5.32 Å². The van der Waals surface area contributed by atoms with Gasteiger partial charge in [-0.25, -0.2) is 0 Å². The minimum absolute atomic E-state index is 0.0730. The summed E-state index contributed by atoms with van der Waals surface area (Å²) in [5.74, 6) is -0.348. The number of nitro groups is 1. The highest BCUT2D eigenvalue weighted by molar-refractivity contribution is 9.11. The van der Waals surface area contributed by atoms with E-state index >= 15 is 0 Å². The summed E-state index contributed by atoms with van der Waals surface area (Å²) in [6, 6.07) is 11.0. The maximum atomic E-state index is 12.1. The van der Waals surface area contributed by atoms with Crippen LogP contribution in [0.2, 0.25) is 0 Å². The van der Waals surface area contributed by atoms with Gasteiger partial charge in [0.15, 0.2) is 0 Å². The Morgan fingerprint density at radius 3 is 2.60 bits per heavy atom. The van der Waals surface area contributed by atoms with Gasteiger partial charge in [0, 0.05) is 26.8 Å². The Bertz CT molecular complexity index is 689. The first-order valence-electron chi connectivity index (χ1n) is 5.48. The van der Waals surface area contributed by atoms with Gasteiger partial charge in [-0.05, 0) is 40.2 Å². The second kappa shape index (κ2) is 6.15. The van der Waals surface area contributed by atoms with Gasteiger partial charge in [0.05, 0.1) is 10.5 Å². The molecule has 102 valence electrons. The summed E-state index contributed by atoms with van der Waals surface area (Å²) in [4.78, 5) is 22.3. The van der Waals surface area contributed by atoms with Gasteiger partial charge in [0.2, 0.25) is 0 Å². The largest absolute Gasteiger partial charge is 0.322 e. The fourth-order valence-corrected chi connectivity index (χ4v) is 2.35. The van der Waals surface area contributed by atoms with E-state index in [2.05, 4.69) is 37.2 Å². The van der Waals surface area contributed by atoms with E-state index < -0.39 is 4.92 Å². The number of rotatable bonds is 3. The summed E-state index contributed by atoms with van der Waals surface area (Å²) in [6.45, 7) is 0. The Hall–Kier alpha value is -1.73. The molecule has 7 heteroatoms. The number of carbonyl (C=O) groups excluding carboxylic acids is 1. The lowest BCUT2D eigenvalue weighted by Crippen LogP contribution is -2.12. The van der Waals surface area contributed by atoms with Crippen molar-refractivity contribution in [1.82, 2.24) is 0 Å². The Morgan fingerprint density at radius 1 is 1.15 bits per heavy atom. The number of carbonyl (C=O) groups is 1. The molecule has 0 aliphatic heterocycles. The Morgan fingerprint density at radius 2 is 1.90 bits per heavy atom. The first kappa shape index (κ1) is 14.7. The Labute approximate surface area is 131 Å². The van der Waals surface area contributed by atoms with Crippen LogP contribution in [0.25, 0.3) is 0 Å². The fourth-order valence-electron chi connectivity index (χ4n) is 1.57. The van der Waals surface area contributed by atoms with E-state index in [-0.39, 0.29) is 11.6 Å². The lowest BCUT2D eigenvalue weighted by atomic mass is 10.2. The molecular formula is C13H8Br2N2O3. The molecule has 0 saturated heterocycles. The quantitative estimate of drug-likeness (QED) is 0.615. The molecule has 20 heavy (non-hydrogen) atoms. The molecule has 0 saturated carbocycles. The minimum Gasteiger partial charge on any atom is -0.322 e. The third-order valence-corrected chi connectivity index (χ3v) is 3.67. The number of hydrogen-bond acceptors (Lipinski definition) is 3. The van der Waals surface area contributed by atoms with Crippen LogP contribution < -0.4 is 5.32 Å². The van der Waals surface area contributed by atoms with E-state index in [1.165, 1.54) is 18.2 Å². The molecule has 0 bridgehead atoms. The average Bonchev–Trinajstić information content (AvgIpc) is 2.41. The highest BCUT2D eigenvalue weighted by Crippen LogP contribution is 2.23. The number of nitrogens with one attached hydrogen (secondary N) is 1. The summed E-state index contributed by atoms with van der Waals surface area (Å²) < 4.78 is 1.41. The van der Waals surface area contributed by atoms with E-state index in [4.69, 9.17) is 0 Å². The highest BCUT2D eigenvalue weighted by Gasteiger charge is 2.12. The van der Waals surface area contributed by atoms with E-state index in [0.29, 0.717) is 15.7 Å². The predicted molar refractivity (Wildman–Crippen MR) is 82.9 cm³/mol. The van der Waals surface area contributed by atoms with Crippen LogP contribution in [0.1, 0.15) is 10.4 Å². The van der Waals surface area contributed by atoms with Crippen LogP contribution in [0.3, 0.4) is 0 Å². The average molecular weight is 400 g/mol. The molecule has 0 radical (unpaired) electrons. The topological polar surface area (TPSA) is 72.2 Å². The zero-order chi connectivity index (χ0) is 14.7. The van der Waals surface area contributed by atoms with Crippen LogP contribution in [0, 0.1) is 10.1 Å². The monoisotopic (exact) mass is 398 g/mol. The van der Waals surface area contributed by atoms with Crippen molar-refractivity contribution in [2.24, 2.45) is 0 Å².